The van der Waals surface area contributed by atoms with Gasteiger partial charge in [-0.05, 0) is 52.7 Å². The van der Waals surface area contributed by atoms with Crippen molar-refractivity contribution in [2.24, 2.45) is 0 Å². The van der Waals surface area contributed by atoms with Crippen molar-refractivity contribution in [2.45, 2.75) is 6.92 Å². The number of amides is 1. The Hall–Kier alpha value is -1.72. The van der Waals surface area contributed by atoms with E-state index in [9.17, 15) is 15.0 Å². The summed E-state index contributed by atoms with van der Waals surface area (Å²) in [5.41, 5.74) is 1.13. The number of aryl methyl sites for hydroxylation is 1. The molecule has 0 bridgehead atoms. The van der Waals surface area contributed by atoms with Crippen LogP contribution in [0.2, 0.25) is 5.02 Å². The number of hydrogen-bond donors (Lipinski definition) is 3. The molecule has 3 N–H and O–H groups in total. The van der Waals surface area contributed by atoms with Crippen LogP contribution in [0, 0.1) is 6.92 Å². The Balaban J connectivity index is 2.35. The molecule has 0 fully saturated rings. The van der Waals surface area contributed by atoms with E-state index in [0.717, 1.165) is 5.56 Å². The summed E-state index contributed by atoms with van der Waals surface area (Å²) in [4.78, 5) is 12.1. The van der Waals surface area contributed by atoms with Gasteiger partial charge in [0.1, 0.15) is 17.1 Å². The molecule has 0 aliphatic rings. The number of hydrogen-bond acceptors (Lipinski definition) is 3. The smallest absolute Gasteiger partial charge is 0.263 e. The first-order valence-corrected chi connectivity index (χ1v) is 6.85. The molecule has 0 unspecified atom stereocenters. The number of phenolic OH excluding ortho intramolecular Hbond substituents is 2. The van der Waals surface area contributed by atoms with Gasteiger partial charge in [0.05, 0.1) is 5.69 Å². The van der Waals surface area contributed by atoms with E-state index in [1.807, 2.05) is 6.92 Å². The Kier molecular flexibility index (Phi) is 4.20. The average Bonchev–Trinajstić information content (AvgIpc) is 2.35. The number of anilines is 1. The maximum absolute atomic E-state index is 12.1. The molecule has 2 rings (SSSR count). The van der Waals surface area contributed by atoms with Crippen LogP contribution < -0.4 is 5.32 Å². The highest BCUT2D eigenvalue weighted by Gasteiger charge is 2.17. The quantitative estimate of drug-likeness (QED) is 0.759. The van der Waals surface area contributed by atoms with Crippen LogP contribution in [0.5, 0.6) is 11.5 Å². The van der Waals surface area contributed by atoms with Gasteiger partial charge in [0, 0.05) is 9.50 Å². The molecule has 2 aromatic carbocycles. The first-order chi connectivity index (χ1) is 9.40. The zero-order valence-electron chi connectivity index (χ0n) is 10.4. The van der Waals surface area contributed by atoms with Gasteiger partial charge in [0.15, 0.2) is 0 Å². The fraction of sp³-hybridized carbons (Fsp3) is 0.0714. The zero-order chi connectivity index (χ0) is 14.9. The van der Waals surface area contributed by atoms with Crippen molar-refractivity contribution in [3.63, 3.8) is 0 Å². The second kappa shape index (κ2) is 5.73. The Morgan fingerprint density at radius 2 is 1.85 bits per heavy atom. The third kappa shape index (κ3) is 2.89. The number of carbonyl (C=O) groups is 1. The van der Waals surface area contributed by atoms with E-state index < -0.39 is 5.91 Å². The SMILES string of the molecule is Cc1cc(Br)c(NC(=O)c2c(O)cccc2O)cc1Cl. The Morgan fingerprint density at radius 3 is 2.45 bits per heavy atom. The molecular weight excluding hydrogens is 346 g/mol. The molecule has 1 amide bonds. The van der Waals surface area contributed by atoms with Crippen LogP contribution in [-0.4, -0.2) is 16.1 Å². The summed E-state index contributed by atoms with van der Waals surface area (Å²) in [5.74, 6) is -1.21. The highest BCUT2D eigenvalue weighted by molar-refractivity contribution is 9.10. The first kappa shape index (κ1) is 14.7. The van der Waals surface area contributed by atoms with Gasteiger partial charge in [-0.2, -0.15) is 0 Å². The lowest BCUT2D eigenvalue weighted by atomic mass is 10.1. The summed E-state index contributed by atoms with van der Waals surface area (Å²) in [6, 6.07) is 7.45. The maximum atomic E-state index is 12.1. The van der Waals surface area contributed by atoms with E-state index >= 15 is 0 Å². The van der Waals surface area contributed by atoms with Gasteiger partial charge in [-0.25, -0.2) is 0 Å². The molecule has 0 aliphatic heterocycles. The second-order valence-corrected chi connectivity index (χ2v) is 5.47. The summed E-state index contributed by atoms with van der Waals surface area (Å²) >= 11 is 9.33. The van der Waals surface area contributed by atoms with E-state index in [1.54, 1.807) is 12.1 Å². The predicted molar refractivity (Wildman–Crippen MR) is 81.6 cm³/mol. The lowest BCUT2D eigenvalue weighted by Crippen LogP contribution is -2.13. The molecule has 4 nitrogen and oxygen atoms in total. The maximum Gasteiger partial charge on any atom is 0.263 e. The van der Waals surface area contributed by atoms with E-state index in [1.165, 1.54) is 18.2 Å². The molecular formula is C14H11BrClNO3. The third-order valence-corrected chi connectivity index (χ3v) is 3.81. The van der Waals surface area contributed by atoms with Gasteiger partial charge in [0.25, 0.3) is 5.91 Å². The highest BCUT2D eigenvalue weighted by Crippen LogP contribution is 2.31. The monoisotopic (exact) mass is 355 g/mol. The molecule has 0 aliphatic carbocycles. The fourth-order valence-corrected chi connectivity index (χ4v) is 2.41. The minimum absolute atomic E-state index is 0.184. The number of halogens is 2. The van der Waals surface area contributed by atoms with Crippen LogP contribution in [0.4, 0.5) is 5.69 Å². The summed E-state index contributed by atoms with van der Waals surface area (Å²) in [5, 5.41) is 22.4. The van der Waals surface area contributed by atoms with Gasteiger partial charge in [-0.1, -0.05) is 17.7 Å². The van der Waals surface area contributed by atoms with Crippen molar-refractivity contribution in [3.8, 4) is 11.5 Å². The Bertz CT molecular complexity index is 668. The molecule has 20 heavy (non-hydrogen) atoms. The summed E-state index contributed by atoms with van der Waals surface area (Å²) < 4.78 is 0.655. The highest BCUT2D eigenvalue weighted by atomic mass is 79.9. The first-order valence-electron chi connectivity index (χ1n) is 5.68. The number of benzene rings is 2. The van der Waals surface area contributed by atoms with Gasteiger partial charge in [-0.15, -0.1) is 0 Å². The van der Waals surface area contributed by atoms with Crippen molar-refractivity contribution in [1.82, 2.24) is 0 Å². The van der Waals surface area contributed by atoms with Gasteiger partial charge in [-0.3, -0.25) is 4.79 Å². The van der Waals surface area contributed by atoms with Crippen molar-refractivity contribution in [1.29, 1.82) is 0 Å². The molecule has 0 aromatic heterocycles. The standard InChI is InChI=1S/C14H11BrClNO3/c1-7-5-8(15)10(6-9(7)16)17-14(20)13-11(18)3-2-4-12(13)19/h2-6,18-19H,1H3,(H,17,20). The van der Waals surface area contributed by atoms with Gasteiger partial charge in [0.2, 0.25) is 0 Å². The normalized spacial score (nSPS) is 10.3. The molecule has 0 spiro atoms. The largest absolute Gasteiger partial charge is 0.507 e. The van der Waals surface area contributed by atoms with Crippen LogP contribution in [0.25, 0.3) is 0 Å². The molecule has 2 aromatic rings. The van der Waals surface area contributed by atoms with Crippen molar-refractivity contribution in [3.05, 3.63) is 51.0 Å². The third-order valence-electron chi connectivity index (χ3n) is 2.74. The van der Waals surface area contributed by atoms with E-state index in [-0.39, 0.29) is 17.1 Å². The van der Waals surface area contributed by atoms with Gasteiger partial charge < -0.3 is 15.5 Å². The van der Waals surface area contributed by atoms with Crippen LogP contribution in [-0.2, 0) is 0 Å². The zero-order valence-corrected chi connectivity index (χ0v) is 12.8. The Morgan fingerprint density at radius 1 is 1.25 bits per heavy atom. The number of carbonyl (C=O) groups excluding carboxylic acids is 1. The van der Waals surface area contributed by atoms with E-state index in [4.69, 9.17) is 11.6 Å². The average molecular weight is 357 g/mol. The molecule has 0 heterocycles. The summed E-state index contributed by atoms with van der Waals surface area (Å²) in [6.07, 6.45) is 0. The van der Waals surface area contributed by atoms with Crippen molar-refractivity contribution >= 4 is 39.1 Å². The van der Waals surface area contributed by atoms with Crippen LogP contribution in [0.3, 0.4) is 0 Å². The number of phenols is 2. The second-order valence-electron chi connectivity index (χ2n) is 4.21. The molecule has 104 valence electrons. The number of rotatable bonds is 2. The van der Waals surface area contributed by atoms with E-state index in [2.05, 4.69) is 21.2 Å². The fourth-order valence-electron chi connectivity index (χ4n) is 1.69. The molecule has 0 saturated heterocycles. The van der Waals surface area contributed by atoms with E-state index in [0.29, 0.717) is 15.2 Å². The van der Waals surface area contributed by atoms with Crippen molar-refractivity contribution < 1.29 is 15.0 Å². The minimum Gasteiger partial charge on any atom is -0.507 e. The molecule has 0 radical (unpaired) electrons. The van der Waals surface area contributed by atoms with Crippen LogP contribution in [0.15, 0.2) is 34.8 Å². The lowest BCUT2D eigenvalue weighted by Gasteiger charge is -2.11. The van der Waals surface area contributed by atoms with Gasteiger partial charge >= 0.3 is 0 Å². The lowest BCUT2D eigenvalue weighted by molar-refractivity contribution is 0.102. The van der Waals surface area contributed by atoms with Crippen LogP contribution >= 0.6 is 27.5 Å². The van der Waals surface area contributed by atoms with Crippen LogP contribution in [0.1, 0.15) is 15.9 Å². The van der Waals surface area contributed by atoms with Crippen molar-refractivity contribution in [2.75, 3.05) is 5.32 Å². The minimum atomic E-state index is -0.624. The molecule has 6 heteroatoms. The molecule has 0 atom stereocenters. The summed E-state index contributed by atoms with van der Waals surface area (Å²) in [7, 11) is 0. The Labute approximate surface area is 129 Å². The summed E-state index contributed by atoms with van der Waals surface area (Å²) in [6.45, 7) is 1.84. The predicted octanol–water partition coefficient (Wildman–Crippen LogP) is 4.07. The molecule has 0 saturated carbocycles. The topological polar surface area (TPSA) is 69.6 Å². The number of aromatic hydroxyl groups is 2. The number of nitrogens with one attached hydrogen (secondary N) is 1.